The Hall–Kier alpha value is -1.46. The molecule has 7 heteroatoms. The molecule has 2 N–H and O–H groups in total. The molecular formula is C22H24Cl3N3O. The van der Waals surface area contributed by atoms with Crippen LogP contribution < -0.4 is 10.6 Å². The third-order valence-corrected chi connectivity index (χ3v) is 6.93. The maximum Gasteiger partial charge on any atom is 0.234 e. The molecule has 2 aliphatic rings. The van der Waals surface area contributed by atoms with E-state index in [0.29, 0.717) is 21.1 Å². The van der Waals surface area contributed by atoms with Crippen LogP contribution in [0.4, 0.5) is 5.69 Å². The molecule has 3 atom stereocenters. The van der Waals surface area contributed by atoms with Gasteiger partial charge in [0, 0.05) is 22.6 Å². The van der Waals surface area contributed by atoms with Gasteiger partial charge in [-0.15, -0.1) is 0 Å². The average molecular weight is 453 g/mol. The lowest BCUT2D eigenvalue weighted by Gasteiger charge is -2.45. The number of likely N-dealkylation sites (tertiary alicyclic amines) is 1. The van der Waals surface area contributed by atoms with Crippen LogP contribution in [-0.2, 0) is 4.79 Å². The highest BCUT2D eigenvalue weighted by Crippen LogP contribution is 2.41. The van der Waals surface area contributed by atoms with Crippen molar-refractivity contribution in [1.29, 1.82) is 0 Å². The van der Waals surface area contributed by atoms with E-state index in [2.05, 4.69) is 21.9 Å². The second kappa shape index (κ2) is 8.73. The van der Waals surface area contributed by atoms with Crippen LogP contribution in [0.5, 0.6) is 0 Å². The fourth-order valence-electron chi connectivity index (χ4n) is 4.78. The summed E-state index contributed by atoms with van der Waals surface area (Å²) in [5.74, 6) is -0.214. The molecule has 0 saturated carbocycles. The molecule has 4 nitrogen and oxygen atoms in total. The zero-order valence-electron chi connectivity index (χ0n) is 16.0. The molecule has 0 spiro atoms. The van der Waals surface area contributed by atoms with E-state index < -0.39 is 0 Å². The Morgan fingerprint density at radius 2 is 1.69 bits per heavy atom. The number of anilines is 1. The Balaban J connectivity index is 1.66. The van der Waals surface area contributed by atoms with Crippen LogP contribution in [0, 0.1) is 0 Å². The molecule has 3 unspecified atom stereocenters. The van der Waals surface area contributed by atoms with Crippen molar-refractivity contribution in [3.8, 4) is 0 Å². The molecule has 2 aliphatic heterocycles. The van der Waals surface area contributed by atoms with Crippen LogP contribution in [0.25, 0.3) is 0 Å². The number of hydrogen-bond donors (Lipinski definition) is 1. The molecule has 2 aromatic carbocycles. The van der Waals surface area contributed by atoms with Crippen molar-refractivity contribution in [1.82, 2.24) is 4.90 Å². The molecule has 29 heavy (non-hydrogen) atoms. The Morgan fingerprint density at radius 3 is 2.38 bits per heavy atom. The first kappa shape index (κ1) is 20.8. The first-order valence-corrected chi connectivity index (χ1v) is 11.1. The van der Waals surface area contributed by atoms with Gasteiger partial charge in [0.05, 0.1) is 22.8 Å². The number of rotatable bonds is 4. The van der Waals surface area contributed by atoms with Crippen LogP contribution >= 0.6 is 34.8 Å². The summed E-state index contributed by atoms with van der Waals surface area (Å²) in [4.78, 5) is 16.6. The molecule has 154 valence electrons. The summed E-state index contributed by atoms with van der Waals surface area (Å²) >= 11 is 18.8. The smallest absolute Gasteiger partial charge is 0.234 e. The van der Waals surface area contributed by atoms with Gasteiger partial charge in [0.15, 0.2) is 0 Å². The normalized spacial score (nSPS) is 25.3. The number of nitrogens with two attached hydrogens (primary N) is 1. The minimum atomic E-state index is -0.214. The second-order valence-corrected chi connectivity index (χ2v) is 9.11. The zero-order valence-corrected chi connectivity index (χ0v) is 18.3. The predicted molar refractivity (Wildman–Crippen MR) is 120 cm³/mol. The van der Waals surface area contributed by atoms with Gasteiger partial charge in [-0.25, -0.2) is 0 Å². The van der Waals surface area contributed by atoms with E-state index in [1.807, 2.05) is 24.3 Å². The van der Waals surface area contributed by atoms with Crippen LogP contribution in [0.1, 0.15) is 37.3 Å². The standard InChI is InChI=1S/C22H24Cl3N3O/c23-15-5-3-14(4-6-15)21-13-17(27-10-1-2-20(27)22(26)29)9-11-28(21)19-8-7-16(24)12-18(19)25/h3-8,12,17,20-21H,1-2,9-11,13H2,(H2,26,29). The summed E-state index contributed by atoms with van der Waals surface area (Å²) in [5.41, 5.74) is 7.83. The summed E-state index contributed by atoms with van der Waals surface area (Å²) in [5, 5.41) is 1.98. The number of carbonyl (C=O) groups is 1. The Bertz CT molecular complexity index is 889. The fraction of sp³-hybridized carbons (Fsp3) is 0.409. The molecule has 1 amide bonds. The van der Waals surface area contributed by atoms with Gasteiger partial charge in [0.2, 0.25) is 5.91 Å². The number of hydrogen-bond acceptors (Lipinski definition) is 3. The maximum atomic E-state index is 11.9. The van der Waals surface area contributed by atoms with Crippen LogP contribution in [0.15, 0.2) is 42.5 Å². The van der Waals surface area contributed by atoms with Crippen molar-refractivity contribution in [3.63, 3.8) is 0 Å². The monoisotopic (exact) mass is 451 g/mol. The quantitative estimate of drug-likeness (QED) is 0.684. The predicted octanol–water partition coefficient (Wildman–Crippen LogP) is 5.31. The van der Waals surface area contributed by atoms with Crippen molar-refractivity contribution in [2.24, 2.45) is 5.73 Å². The highest BCUT2D eigenvalue weighted by atomic mass is 35.5. The van der Waals surface area contributed by atoms with E-state index in [0.717, 1.165) is 44.5 Å². The molecule has 0 aliphatic carbocycles. The number of primary amides is 1. The van der Waals surface area contributed by atoms with E-state index in [1.54, 1.807) is 6.07 Å². The summed E-state index contributed by atoms with van der Waals surface area (Å²) in [7, 11) is 0. The van der Waals surface area contributed by atoms with Gasteiger partial charge in [-0.1, -0.05) is 46.9 Å². The first-order valence-electron chi connectivity index (χ1n) is 9.96. The summed E-state index contributed by atoms with van der Waals surface area (Å²) in [6, 6.07) is 13.9. The lowest BCUT2D eigenvalue weighted by atomic mass is 9.89. The maximum absolute atomic E-state index is 11.9. The SMILES string of the molecule is NC(=O)C1CCCN1C1CCN(c2ccc(Cl)cc2Cl)C(c2ccc(Cl)cc2)C1. The minimum Gasteiger partial charge on any atom is -0.368 e. The van der Waals surface area contributed by atoms with E-state index in [4.69, 9.17) is 40.5 Å². The van der Waals surface area contributed by atoms with Crippen molar-refractivity contribution in [2.45, 2.75) is 43.8 Å². The Kier molecular flexibility index (Phi) is 6.26. The molecule has 2 aromatic rings. The summed E-state index contributed by atoms with van der Waals surface area (Å²) in [6.07, 6.45) is 3.71. The highest BCUT2D eigenvalue weighted by molar-refractivity contribution is 6.36. The number of piperidine rings is 1. The molecule has 2 heterocycles. The summed E-state index contributed by atoms with van der Waals surface area (Å²) in [6.45, 7) is 1.76. The highest BCUT2D eigenvalue weighted by Gasteiger charge is 2.39. The van der Waals surface area contributed by atoms with Gasteiger partial charge in [-0.2, -0.15) is 0 Å². The van der Waals surface area contributed by atoms with Crippen LogP contribution in [0.2, 0.25) is 15.1 Å². The van der Waals surface area contributed by atoms with Gasteiger partial charge in [0.1, 0.15) is 0 Å². The topological polar surface area (TPSA) is 49.6 Å². The van der Waals surface area contributed by atoms with Crippen molar-refractivity contribution in [3.05, 3.63) is 63.1 Å². The van der Waals surface area contributed by atoms with E-state index in [-0.39, 0.29) is 18.0 Å². The zero-order chi connectivity index (χ0) is 20.5. The third kappa shape index (κ3) is 4.36. The molecule has 0 radical (unpaired) electrons. The van der Waals surface area contributed by atoms with Crippen LogP contribution in [-0.4, -0.2) is 36.0 Å². The van der Waals surface area contributed by atoms with Gasteiger partial charge in [0.25, 0.3) is 0 Å². The summed E-state index contributed by atoms with van der Waals surface area (Å²) < 4.78 is 0. The van der Waals surface area contributed by atoms with Crippen molar-refractivity contribution < 1.29 is 4.79 Å². The number of benzene rings is 2. The number of halogens is 3. The minimum absolute atomic E-state index is 0.124. The molecule has 2 fully saturated rings. The van der Waals surface area contributed by atoms with Gasteiger partial charge in [-0.3, -0.25) is 9.69 Å². The van der Waals surface area contributed by atoms with E-state index in [1.165, 1.54) is 5.56 Å². The Labute approximate surface area is 186 Å². The van der Waals surface area contributed by atoms with Crippen molar-refractivity contribution in [2.75, 3.05) is 18.0 Å². The van der Waals surface area contributed by atoms with Gasteiger partial charge < -0.3 is 10.6 Å². The average Bonchev–Trinajstić information content (AvgIpc) is 3.19. The number of amides is 1. The molecule has 2 saturated heterocycles. The van der Waals surface area contributed by atoms with Crippen LogP contribution in [0.3, 0.4) is 0 Å². The van der Waals surface area contributed by atoms with E-state index >= 15 is 0 Å². The molecule has 0 bridgehead atoms. The Morgan fingerprint density at radius 1 is 0.966 bits per heavy atom. The lowest BCUT2D eigenvalue weighted by molar-refractivity contribution is -0.123. The largest absolute Gasteiger partial charge is 0.368 e. The van der Waals surface area contributed by atoms with E-state index in [9.17, 15) is 4.79 Å². The third-order valence-electron chi connectivity index (χ3n) is 6.14. The van der Waals surface area contributed by atoms with Gasteiger partial charge in [-0.05, 0) is 68.1 Å². The molecular weight excluding hydrogens is 429 g/mol. The molecule has 0 aromatic heterocycles. The lowest BCUT2D eigenvalue weighted by Crippen LogP contribution is -2.51. The fourth-order valence-corrected chi connectivity index (χ4v) is 5.43. The first-order chi connectivity index (χ1) is 13.9. The number of nitrogens with zero attached hydrogens (tertiary/aromatic N) is 2. The van der Waals surface area contributed by atoms with Gasteiger partial charge >= 0.3 is 0 Å². The van der Waals surface area contributed by atoms with Crippen molar-refractivity contribution >= 4 is 46.4 Å². The number of carbonyl (C=O) groups excluding carboxylic acids is 1. The molecule has 4 rings (SSSR count). The second-order valence-electron chi connectivity index (χ2n) is 7.83.